The Kier molecular flexibility index (Phi) is 10.2. The van der Waals surface area contributed by atoms with Crippen LogP contribution in [-0.4, -0.2) is 51.5 Å². The summed E-state index contributed by atoms with van der Waals surface area (Å²) in [5.74, 6) is 2.16. The van der Waals surface area contributed by atoms with Gasteiger partial charge in [0.05, 0.1) is 18.9 Å². The first-order chi connectivity index (χ1) is 17.4. The van der Waals surface area contributed by atoms with E-state index in [-0.39, 0.29) is 23.6 Å². The monoisotopic (exact) mass is 527 g/mol. The van der Waals surface area contributed by atoms with Crippen LogP contribution in [0.3, 0.4) is 0 Å². The number of nitrogens with zero attached hydrogens (tertiary/aromatic N) is 3. The van der Waals surface area contributed by atoms with Crippen molar-refractivity contribution in [1.29, 1.82) is 0 Å². The molecule has 0 radical (unpaired) electrons. The fraction of sp³-hybridized carbons (Fsp3) is 0.385. The number of benzene rings is 2. The van der Waals surface area contributed by atoms with E-state index in [1.54, 1.807) is 43.1 Å². The predicted molar refractivity (Wildman–Crippen MR) is 147 cm³/mol. The molecule has 1 aromatic heterocycles. The largest absolute Gasteiger partial charge is 0.497 e. The zero-order valence-electron chi connectivity index (χ0n) is 21.3. The lowest BCUT2D eigenvalue weighted by molar-refractivity contribution is -0.113. The molecule has 0 saturated heterocycles. The number of carbonyl (C=O) groups excluding carboxylic acids is 2. The third-order valence-corrected chi connectivity index (χ3v) is 7.33. The maximum atomic E-state index is 13.0. The molecule has 1 atom stereocenters. The number of para-hydroxylation sites is 1. The number of anilines is 1. The van der Waals surface area contributed by atoms with Gasteiger partial charge in [-0.05, 0) is 74.6 Å². The molecule has 0 spiro atoms. The summed E-state index contributed by atoms with van der Waals surface area (Å²) in [5, 5.41) is 15.6. The Morgan fingerprint density at radius 3 is 2.39 bits per heavy atom. The molecule has 0 aliphatic rings. The third-order valence-electron chi connectivity index (χ3n) is 5.72. The molecule has 0 aliphatic carbocycles. The number of hydrogen-bond donors (Lipinski definition) is 2. The van der Waals surface area contributed by atoms with Crippen LogP contribution >= 0.6 is 23.5 Å². The van der Waals surface area contributed by atoms with Crippen LogP contribution in [0.4, 0.5) is 5.69 Å². The number of amides is 2. The molecule has 10 heteroatoms. The molecule has 36 heavy (non-hydrogen) atoms. The first kappa shape index (κ1) is 27.6. The fourth-order valence-electron chi connectivity index (χ4n) is 3.76. The highest BCUT2D eigenvalue weighted by Crippen LogP contribution is 2.25. The van der Waals surface area contributed by atoms with Crippen molar-refractivity contribution < 1.29 is 14.3 Å². The van der Waals surface area contributed by atoms with Crippen LogP contribution in [0.1, 0.15) is 46.7 Å². The standard InChI is InChI=1S/C26H33N5O3S2/c1-6-31-24(21(14-15-35-5)27-25(33)19-10-12-20(34-4)13-11-19)29-30-26(31)36-16-22(32)28-23-17(2)8-7-9-18(23)3/h7-13,21H,6,14-16H2,1-5H3,(H,27,33)(H,28,32)/t21-/m1/s1. The molecular formula is C26H33N5O3S2. The summed E-state index contributed by atoms with van der Waals surface area (Å²) < 4.78 is 7.15. The van der Waals surface area contributed by atoms with E-state index in [0.29, 0.717) is 35.3 Å². The van der Waals surface area contributed by atoms with Crippen molar-refractivity contribution in [1.82, 2.24) is 20.1 Å². The molecule has 2 amide bonds. The molecular weight excluding hydrogens is 494 g/mol. The van der Waals surface area contributed by atoms with Crippen LogP contribution in [0.2, 0.25) is 0 Å². The zero-order chi connectivity index (χ0) is 26.1. The molecule has 0 bridgehead atoms. The summed E-state index contributed by atoms with van der Waals surface area (Å²) in [4.78, 5) is 25.6. The van der Waals surface area contributed by atoms with Gasteiger partial charge in [0, 0.05) is 17.8 Å². The van der Waals surface area contributed by atoms with Crippen LogP contribution in [0.25, 0.3) is 0 Å². The van der Waals surface area contributed by atoms with E-state index in [4.69, 9.17) is 4.74 Å². The number of carbonyl (C=O) groups is 2. The van der Waals surface area contributed by atoms with Gasteiger partial charge in [-0.3, -0.25) is 9.59 Å². The highest BCUT2D eigenvalue weighted by molar-refractivity contribution is 7.99. The normalized spacial score (nSPS) is 11.7. The van der Waals surface area contributed by atoms with Gasteiger partial charge in [-0.15, -0.1) is 10.2 Å². The molecule has 0 unspecified atom stereocenters. The summed E-state index contributed by atoms with van der Waals surface area (Å²) in [6.45, 7) is 6.58. The van der Waals surface area contributed by atoms with E-state index in [9.17, 15) is 9.59 Å². The van der Waals surface area contributed by atoms with Crippen LogP contribution in [0.5, 0.6) is 5.75 Å². The number of ether oxygens (including phenoxy) is 1. The lowest BCUT2D eigenvalue weighted by Crippen LogP contribution is -2.31. The van der Waals surface area contributed by atoms with Gasteiger partial charge in [0.25, 0.3) is 5.91 Å². The number of methoxy groups -OCH3 is 1. The van der Waals surface area contributed by atoms with Crippen molar-refractivity contribution in [3.8, 4) is 5.75 Å². The minimum absolute atomic E-state index is 0.101. The smallest absolute Gasteiger partial charge is 0.251 e. The van der Waals surface area contributed by atoms with Crippen LogP contribution in [0.15, 0.2) is 47.6 Å². The second-order valence-electron chi connectivity index (χ2n) is 8.22. The number of hydrogen-bond acceptors (Lipinski definition) is 7. The summed E-state index contributed by atoms with van der Waals surface area (Å²) in [6.07, 6.45) is 2.74. The second-order valence-corrected chi connectivity index (χ2v) is 10.2. The predicted octanol–water partition coefficient (Wildman–Crippen LogP) is 4.88. The number of nitrogens with one attached hydrogen (secondary N) is 2. The van der Waals surface area contributed by atoms with Crippen molar-refractivity contribution in [3.63, 3.8) is 0 Å². The Morgan fingerprint density at radius 1 is 1.08 bits per heavy atom. The lowest BCUT2D eigenvalue weighted by atomic mass is 10.1. The molecule has 0 fully saturated rings. The van der Waals surface area contributed by atoms with Gasteiger partial charge >= 0.3 is 0 Å². The first-order valence-corrected chi connectivity index (χ1v) is 14.1. The van der Waals surface area contributed by atoms with E-state index in [0.717, 1.165) is 22.6 Å². The number of rotatable bonds is 12. The molecule has 2 aromatic carbocycles. The van der Waals surface area contributed by atoms with E-state index in [1.807, 2.05) is 49.8 Å². The van der Waals surface area contributed by atoms with E-state index in [2.05, 4.69) is 20.8 Å². The maximum absolute atomic E-state index is 13.0. The summed E-state index contributed by atoms with van der Waals surface area (Å²) in [5.41, 5.74) is 3.44. The maximum Gasteiger partial charge on any atom is 0.251 e. The second kappa shape index (κ2) is 13.4. The molecule has 1 heterocycles. The topological polar surface area (TPSA) is 98.1 Å². The zero-order valence-corrected chi connectivity index (χ0v) is 23.0. The Bertz CT molecular complexity index is 1160. The third kappa shape index (κ3) is 7.04. The molecule has 3 rings (SSSR count). The van der Waals surface area contributed by atoms with E-state index >= 15 is 0 Å². The van der Waals surface area contributed by atoms with Gasteiger partial charge < -0.3 is 19.9 Å². The van der Waals surface area contributed by atoms with Gasteiger partial charge in [0.2, 0.25) is 5.91 Å². The lowest BCUT2D eigenvalue weighted by Gasteiger charge is -2.19. The molecule has 0 aliphatic heterocycles. The molecule has 3 aromatic rings. The van der Waals surface area contributed by atoms with Gasteiger partial charge in [-0.25, -0.2) is 0 Å². The Hall–Kier alpha value is -2.98. The molecule has 8 nitrogen and oxygen atoms in total. The van der Waals surface area contributed by atoms with Crippen molar-refractivity contribution >= 4 is 41.0 Å². The number of aromatic nitrogens is 3. The molecule has 2 N–H and O–H groups in total. The first-order valence-electron chi connectivity index (χ1n) is 11.7. The van der Waals surface area contributed by atoms with Crippen molar-refractivity contribution in [2.45, 2.75) is 44.9 Å². The summed E-state index contributed by atoms with van der Waals surface area (Å²) >= 11 is 3.04. The van der Waals surface area contributed by atoms with E-state index < -0.39 is 0 Å². The van der Waals surface area contributed by atoms with Crippen molar-refractivity contribution in [2.75, 3.05) is 30.2 Å². The van der Waals surface area contributed by atoms with Gasteiger partial charge in [0.15, 0.2) is 11.0 Å². The van der Waals surface area contributed by atoms with Crippen molar-refractivity contribution in [2.24, 2.45) is 0 Å². The summed E-state index contributed by atoms with van der Waals surface area (Å²) in [6, 6.07) is 12.6. The van der Waals surface area contributed by atoms with Crippen LogP contribution in [0, 0.1) is 13.8 Å². The Morgan fingerprint density at radius 2 is 1.78 bits per heavy atom. The van der Waals surface area contributed by atoms with Gasteiger partial charge in [0.1, 0.15) is 5.75 Å². The minimum Gasteiger partial charge on any atom is -0.497 e. The fourth-order valence-corrected chi connectivity index (χ4v) is 5.05. The summed E-state index contributed by atoms with van der Waals surface area (Å²) in [7, 11) is 1.59. The SMILES string of the molecule is CCn1c(SCC(=O)Nc2c(C)cccc2C)nnc1[C@@H](CCSC)NC(=O)c1ccc(OC)cc1. The van der Waals surface area contributed by atoms with Gasteiger partial charge in [-0.2, -0.15) is 11.8 Å². The molecule has 0 saturated carbocycles. The average molecular weight is 528 g/mol. The Labute approximate surface area is 221 Å². The number of aryl methyl sites for hydroxylation is 2. The van der Waals surface area contributed by atoms with Crippen LogP contribution < -0.4 is 15.4 Å². The Balaban J connectivity index is 1.72. The highest BCUT2D eigenvalue weighted by Gasteiger charge is 2.23. The van der Waals surface area contributed by atoms with Gasteiger partial charge in [-0.1, -0.05) is 30.0 Å². The molecule has 192 valence electrons. The quantitative estimate of drug-likeness (QED) is 0.324. The average Bonchev–Trinajstić information content (AvgIpc) is 3.30. The number of thioether (sulfide) groups is 2. The van der Waals surface area contributed by atoms with Crippen molar-refractivity contribution in [3.05, 3.63) is 65.0 Å². The van der Waals surface area contributed by atoms with E-state index in [1.165, 1.54) is 11.8 Å². The highest BCUT2D eigenvalue weighted by atomic mass is 32.2. The van der Waals surface area contributed by atoms with Crippen LogP contribution in [-0.2, 0) is 11.3 Å². The minimum atomic E-state index is -0.308.